The van der Waals surface area contributed by atoms with Crippen LogP contribution in [0.25, 0.3) is 22.5 Å². The van der Waals surface area contributed by atoms with Gasteiger partial charge < -0.3 is 10.2 Å². The molecule has 6 rings (SSSR count). The lowest BCUT2D eigenvalue weighted by molar-refractivity contribution is -0.141. The van der Waals surface area contributed by atoms with Crippen molar-refractivity contribution in [3.8, 4) is 22.5 Å². The average Bonchev–Trinajstić information content (AvgIpc) is 3.33. The number of unbranched alkanes of at least 4 members (excludes halogenated alkanes) is 1. The van der Waals surface area contributed by atoms with Crippen molar-refractivity contribution >= 4 is 11.6 Å². The number of hydrogen-bond donors (Lipinski definition) is 1. The third kappa shape index (κ3) is 5.99. The average molecular weight is 586 g/mol. The summed E-state index contributed by atoms with van der Waals surface area (Å²) < 4.78 is 39.4. The lowest BCUT2D eigenvalue weighted by Gasteiger charge is -2.36. The molecule has 6 nitrogen and oxygen atoms in total. The number of aromatic nitrogens is 2. The van der Waals surface area contributed by atoms with Gasteiger partial charge in [0.25, 0.3) is 0 Å². The standard InChI is InChI=1S/C34H34F3N5O/c35-34(36,37)24-40-32(43)33(29-14-6-4-12-27(29)28-13-5-7-15-30(28)33)16-8-9-17-41-18-20-42(21-19-41)26-22-38-31(39-23-26)25-10-2-1-3-11-25/h1-7,10-15,22-23H,8-9,16-21,24H2,(H,40,43). The van der Waals surface area contributed by atoms with Gasteiger partial charge in [0, 0.05) is 31.7 Å². The van der Waals surface area contributed by atoms with E-state index in [1.54, 1.807) is 0 Å². The number of piperazine rings is 1. The Balaban J connectivity index is 1.08. The molecule has 1 N–H and O–H groups in total. The zero-order chi connectivity index (χ0) is 29.9. The van der Waals surface area contributed by atoms with Crippen LogP contribution in [0.5, 0.6) is 0 Å². The van der Waals surface area contributed by atoms with Gasteiger partial charge in [0.05, 0.1) is 18.1 Å². The van der Waals surface area contributed by atoms with Gasteiger partial charge in [-0.3, -0.25) is 9.69 Å². The van der Waals surface area contributed by atoms with Crippen LogP contribution in [-0.2, 0) is 10.2 Å². The molecule has 222 valence electrons. The maximum atomic E-state index is 13.7. The van der Waals surface area contributed by atoms with E-state index in [9.17, 15) is 18.0 Å². The number of carbonyl (C=O) groups excluding carboxylic acids is 1. The predicted molar refractivity (Wildman–Crippen MR) is 162 cm³/mol. The Morgan fingerprint density at radius 3 is 1.98 bits per heavy atom. The monoisotopic (exact) mass is 585 g/mol. The van der Waals surface area contributed by atoms with Crippen LogP contribution in [-0.4, -0.2) is 66.2 Å². The van der Waals surface area contributed by atoms with Gasteiger partial charge in [-0.1, -0.05) is 85.3 Å². The number of alkyl halides is 3. The van der Waals surface area contributed by atoms with Crippen molar-refractivity contribution in [2.45, 2.75) is 30.9 Å². The third-order valence-electron chi connectivity index (χ3n) is 8.58. The first kappa shape index (κ1) is 28.9. The first-order valence-corrected chi connectivity index (χ1v) is 14.7. The summed E-state index contributed by atoms with van der Waals surface area (Å²) in [4.78, 5) is 27.5. The predicted octanol–water partition coefficient (Wildman–Crippen LogP) is 6.08. The molecule has 1 aliphatic carbocycles. The molecule has 1 aromatic heterocycles. The molecular weight excluding hydrogens is 551 g/mol. The Morgan fingerprint density at radius 2 is 1.37 bits per heavy atom. The highest BCUT2D eigenvalue weighted by molar-refractivity contribution is 6.00. The van der Waals surface area contributed by atoms with Crippen molar-refractivity contribution in [1.82, 2.24) is 20.2 Å². The van der Waals surface area contributed by atoms with Gasteiger partial charge in [0.2, 0.25) is 5.91 Å². The molecular formula is C34H34F3N5O. The number of nitrogens with one attached hydrogen (secondary N) is 1. The summed E-state index contributed by atoms with van der Waals surface area (Å²) in [5.41, 5.74) is 4.24. The van der Waals surface area contributed by atoms with Crippen LogP contribution >= 0.6 is 0 Å². The van der Waals surface area contributed by atoms with Gasteiger partial charge in [-0.15, -0.1) is 0 Å². The fraction of sp³-hybridized carbons (Fsp3) is 0.324. The first-order valence-electron chi connectivity index (χ1n) is 14.7. The van der Waals surface area contributed by atoms with Crippen molar-refractivity contribution in [3.63, 3.8) is 0 Å². The second-order valence-electron chi connectivity index (χ2n) is 11.2. The van der Waals surface area contributed by atoms with E-state index in [1.807, 2.05) is 91.3 Å². The largest absolute Gasteiger partial charge is 0.405 e. The number of rotatable bonds is 9. The molecule has 0 saturated carbocycles. The lowest BCUT2D eigenvalue weighted by atomic mass is 9.73. The molecule has 0 atom stereocenters. The molecule has 1 aliphatic heterocycles. The molecule has 2 aliphatic rings. The van der Waals surface area contributed by atoms with E-state index in [1.165, 1.54) is 0 Å². The topological polar surface area (TPSA) is 61.4 Å². The number of benzene rings is 3. The van der Waals surface area contributed by atoms with E-state index >= 15 is 0 Å². The van der Waals surface area contributed by atoms with Crippen LogP contribution in [0.1, 0.15) is 30.4 Å². The second kappa shape index (κ2) is 12.2. The van der Waals surface area contributed by atoms with E-state index < -0.39 is 24.0 Å². The van der Waals surface area contributed by atoms with Crippen LogP contribution in [0.3, 0.4) is 0 Å². The van der Waals surface area contributed by atoms with Crippen LogP contribution in [0.15, 0.2) is 91.3 Å². The summed E-state index contributed by atoms with van der Waals surface area (Å²) in [5.74, 6) is 0.122. The first-order chi connectivity index (χ1) is 20.8. The molecule has 43 heavy (non-hydrogen) atoms. The number of amides is 1. The number of anilines is 1. The number of carbonyl (C=O) groups is 1. The molecule has 0 unspecified atom stereocenters. The van der Waals surface area contributed by atoms with E-state index in [-0.39, 0.29) is 0 Å². The summed E-state index contributed by atoms with van der Waals surface area (Å²) in [7, 11) is 0. The van der Waals surface area contributed by atoms with Gasteiger partial charge in [-0.2, -0.15) is 13.2 Å². The number of hydrogen-bond acceptors (Lipinski definition) is 5. The van der Waals surface area contributed by atoms with E-state index in [0.29, 0.717) is 18.7 Å². The molecule has 4 aromatic rings. The fourth-order valence-corrected chi connectivity index (χ4v) is 6.46. The minimum atomic E-state index is -4.48. The Labute approximate surface area is 249 Å². The van der Waals surface area contributed by atoms with Crippen LogP contribution < -0.4 is 10.2 Å². The number of fused-ring (bicyclic) bond motifs is 3. The van der Waals surface area contributed by atoms with Gasteiger partial charge in [-0.25, -0.2) is 9.97 Å². The maximum absolute atomic E-state index is 13.7. The van der Waals surface area contributed by atoms with Crippen LogP contribution in [0.2, 0.25) is 0 Å². The smallest absolute Gasteiger partial charge is 0.366 e. The Bertz CT molecular complexity index is 1510. The fourth-order valence-electron chi connectivity index (χ4n) is 6.46. The summed E-state index contributed by atoms with van der Waals surface area (Å²) in [6, 6.07) is 25.1. The molecule has 1 amide bonds. The van der Waals surface area contributed by atoms with E-state index in [4.69, 9.17) is 0 Å². The van der Waals surface area contributed by atoms with Crippen LogP contribution in [0, 0.1) is 0 Å². The van der Waals surface area contributed by atoms with Crippen molar-refractivity contribution in [3.05, 3.63) is 102 Å². The van der Waals surface area contributed by atoms with E-state index in [2.05, 4.69) is 25.1 Å². The van der Waals surface area contributed by atoms with Gasteiger partial charge in [0.1, 0.15) is 12.0 Å². The molecule has 0 bridgehead atoms. The maximum Gasteiger partial charge on any atom is 0.405 e. The highest BCUT2D eigenvalue weighted by Crippen LogP contribution is 2.51. The summed E-state index contributed by atoms with van der Waals surface area (Å²) in [5, 5.41) is 2.22. The molecule has 0 radical (unpaired) electrons. The minimum absolute atomic E-state index is 0.440. The van der Waals surface area contributed by atoms with Gasteiger partial charge >= 0.3 is 6.18 Å². The molecule has 9 heteroatoms. The quantitative estimate of drug-likeness (QED) is 0.241. The highest BCUT2D eigenvalue weighted by atomic mass is 19.4. The molecule has 1 fully saturated rings. The zero-order valence-electron chi connectivity index (χ0n) is 23.9. The minimum Gasteiger partial charge on any atom is -0.366 e. The Morgan fingerprint density at radius 1 is 0.791 bits per heavy atom. The van der Waals surface area contributed by atoms with Crippen molar-refractivity contribution < 1.29 is 18.0 Å². The van der Waals surface area contributed by atoms with Crippen molar-refractivity contribution in [2.24, 2.45) is 0 Å². The van der Waals surface area contributed by atoms with Crippen LogP contribution in [0.4, 0.5) is 18.9 Å². The summed E-state index contributed by atoms with van der Waals surface area (Å²) in [6.45, 7) is 3.02. The molecule has 3 aromatic carbocycles. The highest BCUT2D eigenvalue weighted by Gasteiger charge is 2.49. The lowest BCUT2D eigenvalue weighted by Crippen LogP contribution is -2.47. The summed E-state index contributed by atoms with van der Waals surface area (Å²) >= 11 is 0. The second-order valence-corrected chi connectivity index (χ2v) is 11.2. The van der Waals surface area contributed by atoms with E-state index in [0.717, 1.165) is 72.6 Å². The SMILES string of the molecule is O=C(NCC(F)(F)F)C1(CCCCN2CCN(c3cnc(-c4ccccc4)nc3)CC2)c2ccccc2-c2ccccc21. The number of halogens is 3. The molecule has 2 heterocycles. The molecule has 1 saturated heterocycles. The molecule has 0 spiro atoms. The van der Waals surface area contributed by atoms with Crippen molar-refractivity contribution in [2.75, 3.05) is 44.2 Å². The Hall–Kier alpha value is -4.24. The van der Waals surface area contributed by atoms with Gasteiger partial charge in [0.15, 0.2) is 5.82 Å². The number of nitrogens with zero attached hydrogens (tertiary/aromatic N) is 4. The van der Waals surface area contributed by atoms with Gasteiger partial charge in [-0.05, 0) is 41.6 Å². The van der Waals surface area contributed by atoms with Crippen molar-refractivity contribution in [1.29, 1.82) is 0 Å². The third-order valence-corrected chi connectivity index (χ3v) is 8.58. The Kier molecular flexibility index (Phi) is 8.17. The summed E-state index contributed by atoms with van der Waals surface area (Å²) in [6.07, 6.45) is 1.27. The zero-order valence-corrected chi connectivity index (χ0v) is 23.9. The normalized spacial score (nSPS) is 16.0.